The van der Waals surface area contributed by atoms with Crippen molar-refractivity contribution in [1.82, 2.24) is 0 Å². The summed E-state index contributed by atoms with van der Waals surface area (Å²) in [5, 5.41) is 1.51. The molecule has 0 amide bonds. The van der Waals surface area contributed by atoms with Gasteiger partial charge in [-0.3, -0.25) is 0 Å². The maximum atomic E-state index is 6.26. The number of benzene rings is 1. The lowest BCUT2D eigenvalue weighted by Gasteiger charge is -2.17. The minimum Gasteiger partial charge on any atom is -0.496 e. The van der Waals surface area contributed by atoms with Crippen LogP contribution in [-0.4, -0.2) is 18.1 Å². The SMILES string of the molecule is COc1ccc(Cl)cc1C(N)CSC1CCCC1. The van der Waals surface area contributed by atoms with Crippen molar-refractivity contribution in [2.24, 2.45) is 5.73 Å². The Hall–Kier alpha value is -0.380. The lowest BCUT2D eigenvalue weighted by molar-refractivity contribution is 0.407. The molecule has 1 fully saturated rings. The van der Waals surface area contributed by atoms with E-state index < -0.39 is 0 Å². The Labute approximate surface area is 118 Å². The third-order valence-electron chi connectivity index (χ3n) is 3.40. The molecule has 0 saturated heterocycles. The minimum absolute atomic E-state index is 0.00995. The molecule has 0 spiro atoms. The molecule has 0 aliphatic heterocycles. The summed E-state index contributed by atoms with van der Waals surface area (Å²) in [6, 6.07) is 5.63. The van der Waals surface area contributed by atoms with Crippen molar-refractivity contribution in [1.29, 1.82) is 0 Å². The monoisotopic (exact) mass is 285 g/mol. The van der Waals surface area contributed by atoms with E-state index in [0.717, 1.165) is 22.3 Å². The average molecular weight is 286 g/mol. The van der Waals surface area contributed by atoms with Gasteiger partial charge in [0.15, 0.2) is 0 Å². The van der Waals surface area contributed by atoms with Gasteiger partial charge in [-0.2, -0.15) is 11.8 Å². The summed E-state index contributed by atoms with van der Waals surface area (Å²) in [7, 11) is 1.67. The van der Waals surface area contributed by atoms with Crippen molar-refractivity contribution in [2.45, 2.75) is 37.0 Å². The van der Waals surface area contributed by atoms with Gasteiger partial charge in [-0.15, -0.1) is 0 Å². The first kappa shape index (κ1) is 14.0. The van der Waals surface area contributed by atoms with Crippen LogP contribution in [0.15, 0.2) is 18.2 Å². The molecule has 1 aliphatic rings. The molecule has 2 rings (SSSR count). The largest absolute Gasteiger partial charge is 0.496 e. The number of nitrogens with two attached hydrogens (primary N) is 1. The van der Waals surface area contributed by atoms with Gasteiger partial charge in [0.25, 0.3) is 0 Å². The van der Waals surface area contributed by atoms with Crippen LogP contribution in [0.2, 0.25) is 5.02 Å². The Morgan fingerprint density at radius 3 is 2.83 bits per heavy atom. The Bertz CT molecular complexity index is 393. The average Bonchev–Trinajstić information content (AvgIpc) is 2.89. The van der Waals surface area contributed by atoms with Crippen molar-refractivity contribution >= 4 is 23.4 Å². The van der Waals surface area contributed by atoms with Crippen LogP contribution in [0.25, 0.3) is 0 Å². The van der Waals surface area contributed by atoms with Crippen LogP contribution in [0.1, 0.15) is 37.3 Å². The second-order valence-electron chi connectivity index (χ2n) is 4.73. The standard InChI is InChI=1S/C14H20ClNOS/c1-17-14-7-6-10(15)8-12(14)13(16)9-18-11-4-2-3-5-11/h6-8,11,13H,2-5,9,16H2,1H3. The van der Waals surface area contributed by atoms with E-state index in [0.29, 0.717) is 5.02 Å². The van der Waals surface area contributed by atoms with Crippen molar-refractivity contribution in [3.8, 4) is 5.75 Å². The highest BCUT2D eigenvalue weighted by Crippen LogP contribution is 2.34. The number of rotatable bonds is 5. The van der Waals surface area contributed by atoms with E-state index in [9.17, 15) is 0 Å². The fourth-order valence-corrected chi connectivity index (χ4v) is 3.89. The van der Waals surface area contributed by atoms with Crippen molar-refractivity contribution in [2.75, 3.05) is 12.9 Å². The van der Waals surface area contributed by atoms with Crippen LogP contribution in [-0.2, 0) is 0 Å². The maximum absolute atomic E-state index is 6.26. The first-order valence-electron chi connectivity index (χ1n) is 6.41. The molecule has 2 N–H and O–H groups in total. The lowest BCUT2D eigenvalue weighted by atomic mass is 10.1. The van der Waals surface area contributed by atoms with Gasteiger partial charge in [-0.25, -0.2) is 0 Å². The van der Waals surface area contributed by atoms with Crippen molar-refractivity contribution < 1.29 is 4.74 Å². The van der Waals surface area contributed by atoms with Gasteiger partial charge in [0, 0.05) is 27.6 Å². The van der Waals surface area contributed by atoms with Gasteiger partial charge < -0.3 is 10.5 Å². The quantitative estimate of drug-likeness (QED) is 0.887. The molecule has 1 atom stereocenters. The summed E-state index contributed by atoms with van der Waals surface area (Å²) < 4.78 is 5.35. The molecule has 1 aromatic rings. The van der Waals surface area contributed by atoms with Crippen molar-refractivity contribution in [3.63, 3.8) is 0 Å². The molecular formula is C14H20ClNOS. The number of hydrogen-bond acceptors (Lipinski definition) is 3. The van der Waals surface area contributed by atoms with E-state index in [-0.39, 0.29) is 6.04 Å². The van der Waals surface area contributed by atoms with Gasteiger partial charge in [0.05, 0.1) is 7.11 Å². The van der Waals surface area contributed by atoms with E-state index in [4.69, 9.17) is 22.1 Å². The maximum Gasteiger partial charge on any atom is 0.123 e. The first-order valence-corrected chi connectivity index (χ1v) is 7.84. The third-order valence-corrected chi connectivity index (χ3v) is 5.13. The van der Waals surface area contributed by atoms with Crippen LogP contribution in [0, 0.1) is 0 Å². The molecule has 0 aromatic heterocycles. The number of halogens is 1. The molecule has 2 nitrogen and oxygen atoms in total. The predicted octanol–water partition coefficient (Wildman–Crippen LogP) is 4.02. The zero-order chi connectivity index (χ0) is 13.0. The Balaban J connectivity index is 1.98. The smallest absolute Gasteiger partial charge is 0.123 e. The summed E-state index contributed by atoms with van der Waals surface area (Å²) in [5.41, 5.74) is 7.27. The molecule has 4 heteroatoms. The van der Waals surface area contributed by atoms with Gasteiger partial charge in [-0.1, -0.05) is 24.4 Å². The van der Waals surface area contributed by atoms with Crippen LogP contribution >= 0.6 is 23.4 Å². The Morgan fingerprint density at radius 1 is 1.44 bits per heavy atom. The molecule has 1 aromatic carbocycles. The fourth-order valence-electron chi connectivity index (χ4n) is 2.38. The highest BCUT2D eigenvalue weighted by atomic mass is 35.5. The minimum atomic E-state index is -0.00995. The zero-order valence-electron chi connectivity index (χ0n) is 10.7. The first-order chi connectivity index (χ1) is 8.70. The summed E-state index contributed by atoms with van der Waals surface area (Å²) in [4.78, 5) is 0. The van der Waals surface area contributed by atoms with Crippen LogP contribution in [0.3, 0.4) is 0 Å². The third kappa shape index (κ3) is 3.56. The van der Waals surface area contributed by atoms with Gasteiger partial charge in [-0.05, 0) is 31.0 Å². The summed E-state index contributed by atoms with van der Waals surface area (Å²) in [6.07, 6.45) is 5.41. The molecule has 1 unspecified atom stereocenters. The van der Waals surface area contributed by atoms with E-state index in [2.05, 4.69) is 0 Å². The van der Waals surface area contributed by atoms with E-state index in [1.165, 1.54) is 25.7 Å². The molecule has 0 radical (unpaired) electrons. The second kappa shape index (κ2) is 6.69. The normalized spacial score (nSPS) is 17.9. The summed E-state index contributed by atoms with van der Waals surface area (Å²) in [6.45, 7) is 0. The van der Waals surface area contributed by atoms with Crippen LogP contribution < -0.4 is 10.5 Å². The molecule has 0 bridgehead atoms. The van der Waals surface area contributed by atoms with Crippen LogP contribution in [0.4, 0.5) is 0 Å². The van der Waals surface area contributed by atoms with Crippen molar-refractivity contribution in [3.05, 3.63) is 28.8 Å². The highest BCUT2D eigenvalue weighted by Gasteiger charge is 2.18. The Kier molecular flexibility index (Phi) is 5.22. The van der Waals surface area contributed by atoms with Gasteiger partial charge in [0.2, 0.25) is 0 Å². The van der Waals surface area contributed by atoms with E-state index in [1.807, 2.05) is 30.0 Å². The molecule has 1 aliphatic carbocycles. The van der Waals surface area contributed by atoms with E-state index >= 15 is 0 Å². The van der Waals surface area contributed by atoms with E-state index in [1.54, 1.807) is 7.11 Å². The zero-order valence-corrected chi connectivity index (χ0v) is 12.3. The fraction of sp³-hybridized carbons (Fsp3) is 0.571. The molecule has 1 saturated carbocycles. The number of hydrogen-bond donors (Lipinski definition) is 1. The lowest BCUT2D eigenvalue weighted by Crippen LogP contribution is -2.15. The molecule has 18 heavy (non-hydrogen) atoms. The second-order valence-corrected chi connectivity index (χ2v) is 6.50. The highest BCUT2D eigenvalue weighted by molar-refractivity contribution is 7.99. The predicted molar refractivity (Wildman–Crippen MR) is 79.6 cm³/mol. The number of ether oxygens (including phenoxy) is 1. The van der Waals surface area contributed by atoms with Crippen LogP contribution in [0.5, 0.6) is 5.75 Å². The molecule has 100 valence electrons. The Morgan fingerprint density at radius 2 is 2.17 bits per heavy atom. The summed E-state index contributed by atoms with van der Waals surface area (Å²) in [5.74, 6) is 1.76. The topological polar surface area (TPSA) is 35.2 Å². The number of methoxy groups -OCH3 is 1. The summed E-state index contributed by atoms with van der Waals surface area (Å²) >= 11 is 8.02. The molecular weight excluding hydrogens is 266 g/mol. The van der Waals surface area contributed by atoms with Gasteiger partial charge >= 0.3 is 0 Å². The number of thioether (sulfide) groups is 1. The van der Waals surface area contributed by atoms with Gasteiger partial charge in [0.1, 0.15) is 5.75 Å². The molecule has 0 heterocycles.